The summed E-state index contributed by atoms with van der Waals surface area (Å²) in [6.45, 7) is 3.79. The van der Waals surface area contributed by atoms with Crippen LogP contribution in [-0.4, -0.2) is 39.3 Å². The second kappa shape index (κ2) is 11.7. The minimum Gasteiger partial charge on any atom is -0.504 e. The van der Waals surface area contributed by atoms with Gasteiger partial charge < -0.3 is 15.2 Å². The lowest BCUT2D eigenvalue weighted by Crippen LogP contribution is -2.33. The van der Waals surface area contributed by atoms with Crippen LogP contribution in [0.15, 0.2) is 81.0 Å². The van der Waals surface area contributed by atoms with Gasteiger partial charge in [-0.3, -0.25) is 23.7 Å². The summed E-state index contributed by atoms with van der Waals surface area (Å²) < 4.78 is 7.81. The molecule has 9 nitrogen and oxygen atoms in total. The number of imide groups is 1. The highest BCUT2D eigenvalue weighted by Crippen LogP contribution is 2.54. The first-order valence-electron chi connectivity index (χ1n) is 13.5. The lowest BCUT2D eigenvalue weighted by molar-refractivity contribution is -0.122. The van der Waals surface area contributed by atoms with Crippen molar-refractivity contribution in [2.24, 2.45) is 5.92 Å². The van der Waals surface area contributed by atoms with Gasteiger partial charge in [0.05, 0.1) is 23.2 Å². The van der Waals surface area contributed by atoms with E-state index in [1.54, 1.807) is 55.5 Å². The predicted molar refractivity (Wildman–Crippen MR) is 169 cm³/mol. The molecule has 0 radical (unpaired) electrons. The van der Waals surface area contributed by atoms with Crippen LogP contribution in [-0.2, 0) is 20.9 Å². The van der Waals surface area contributed by atoms with E-state index in [2.05, 4.69) is 21.2 Å². The fourth-order valence-corrected chi connectivity index (χ4v) is 8.47. The Morgan fingerprint density at radius 2 is 1.74 bits per heavy atom. The number of hydrogen-bond acceptors (Lipinski definition) is 8. The molecule has 12 heteroatoms. The molecule has 3 aromatic carbocycles. The highest BCUT2D eigenvalue weighted by atomic mass is 79.9. The topological polar surface area (TPSA) is 118 Å². The summed E-state index contributed by atoms with van der Waals surface area (Å²) >= 11 is 5.50. The Balaban J connectivity index is 1.43. The number of rotatable bonds is 7. The van der Waals surface area contributed by atoms with Crippen molar-refractivity contribution in [3.63, 3.8) is 0 Å². The first kappa shape index (κ1) is 29.2. The Hall–Kier alpha value is -3.87. The number of amides is 3. The maximum atomic E-state index is 14.1. The summed E-state index contributed by atoms with van der Waals surface area (Å²) in [6.07, 6.45) is 0. The van der Waals surface area contributed by atoms with Gasteiger partial charge in [0.2, 0.25) is 17.7 Å². The number of anilines is 2. The molecule has 1 saturated heterocycles. The Kier molecular flexibility index (Phi) is 7.92. The van der Waals surface area contributed by atoms with Gasteiger partial charge in [0.1, 0.15) is 11.8 Å². The van der Waals surface area contributed by atoms with Crippen molar-refractivity contribution < 1.29 is 24.2 Å². The van der Waals surface area contributed by atoms with Crippen molar-refractivity contribution in [3.05, 3.63) is 96.9 Å². The second-order valence-electron chi connectivity index (χ2n) is 10.2. The van der Waals surface area contributed by atoms with Gasteiger partial charge in [-0.25, -0.2) is 4.90 Å². The molecule has 0 saturated carbocycles. The average Bonchev–Trinajstić information content (AvgIpc) is 3.42. The van der Waals surface area contributed by atoms with Gasteiger partial charge in [0.25, 0.3) is 0 Å². The van der Waals surface area contributed by atoms with Crippen LogP contribution in [0.4, 0.5) is 11.4 Å². The van der Waals surface area contributed by atoms with E-state index in [0.717, 1.165) is 33.1 Å². The highest BCUT2D eigenvalue weighted by Gasteiger charge is 2.57. The number of nitrogens with zero attached hydrogens (tertiary/aromatic N) is 2. The Morgan fingerprint density at radius 1 is 1.02 bits per heavy atom. The van der Waals surface area contributed by atoms with Crippen LogP contribution in [0.2, 0.25) is 0 Å². The van der Waals surface area contributed by atoms with Gasteiger partial charge in [-0.1, -0.05) is 62.8 Å². The second-order valence-corrected chi connectivity index (χ2v) is 13.3. The first-order chi connectivity index (χ1) is 20.7. The molecule has 43 heavy (non-hydrogen) atoms. The molecule has 0 spiro atoms. The normalized spacial score (nSPS) is 19.2. The standard InChI is InChI=1S/C31H26BrN3O6S2/c1-3-41-22-14-17(6-13-21(22)36)24-25-26(29(39)35(28(25)38)20-11-7-18(32)8-12-20)42-30-27(24)43-31(40)34(30)15-23(37)33-19-9-4-16(2)5-10-19/h4-14,24-26,36H,3,15H2,1-2H3,(H,33,37)/t24-,25?,26?/m0/s1. The number of hydrogen-bond donors (Lipinski definition) is 2. The van der Waals surface area contributed by atoms with E-state index in [1.807, 2.05) is 19.1 Å². The van der Waals surface area contributed by atoms with Gasteiger partial charge >= 0.3 is 4.87 Å². The van der Waals surface area contributed by atoms with Crippen LogP contribution < -0.4 is 19.8 Å². The van der Waals surface area contributed by atoms with Crippen LogP contribution >= 0.6 is 39.0 Å². The molecule has 2 aliphatic heterocycles. The number of thiazole rings is 1. The molecule has 3 atom stereocenters. The SMILES string of the molecule is CCOc1cc([C@@H]2c3sc(=O)n(CC(=O)Nc4ccc(C)cc4)c3SC3C(=O)N(c4ccc(Br)cc4)C(=O)C32)ccc1O. The monoisotopic (exact) mass is 679 g/mol. The molecule has 6 rings (SSSR count). The lowest BCUT2D eigenvalue weighted by atomic mass is 9.83. The minimum absolute atomic E-state index is 0.0589. The van der Waals surface area contributed by atoms with Crippen molar-refractivity contribution in [2.45, 2.75) is 36.6 Å². The molecule has 1 fully saturated rings. The molecule has 2 N–H and O–H groups in total. The number of phenols is 1. The zero-order valence-electron chi connectivity index (χ0n) is 23.1. The van der Waals surface area contributed by atoms with Crippen LogP contribution in [0.1, 0.15) is 28.8 Å². The number of carbonyl (C=O) groups excluding carboxylic acids is 3. The molecule has 220 valence electrons. The van der Waals surface area contributed by atoms with Gasteiger partial charge in [-0.2, -0.15) is 0 Å². The first-order valence-corrected chi connectivity index (χ1v) is 16.0. The Labute approximate surface area is 263 Å². The minimum atomic E-state index is -0.835. The quantitative estimate of drug-likeness (QED) is 0.247. The van der Waals surface area contributed by atoms with Crippen molar-refractivity contribution in [1.82, 2.24) is 4.57 Å². The molecular weight excluding hydrogens is 654 g/mol. The number of phenolic OH excluding ortho intramolecular Hbond substituents is 1. The zero-order valence-corrected chi connectivity index (χ0v) is 26.3. The lowest BCUT2D eigenvalue weighted by Gasteiger charge is -2.31. The van der Waals surface area contributed by atoms with E-state index in [1.165, 1.54) is 15.5 Å². The summed E-state index contributed by atoms with van der Waals surface area (Å²) in [5, 5.41) is 12.8. The van der Waals surface area contributed by atoms with Crippen LogP contribution in [0, 0.1) is 12.8 Å². The number of aromatic nitrogens is 1. The molecule has 1 aromatic heterocycles. The van der Waals surface area contributed by atoms with Gasteiger partial charge in [0, 0.05) is 21.0 Å². The largest absolute Gasteiger partial charge is 0.504 e. The van der Waals surface area contributed by atoms with E-state index in [0.29, 0.717) is 33.4 Å². The summed E-state index contributed by atoms with van der Waals surface area (Å²) in [7, 11) is 0. The third-order valence-corrected chi connectivity index (χ3v) is 10.5. The summed E-state index contributed by atoms with van der Waals surface area (Å²) in [4.78, 5) is 55.8. The van der Waals surface area contributed by atoms with E-state index >= 15 is 0 Å². The summed E-state index contributed by atoms with van der Waals surface area (Å²) in [5.41, 5.74) is 2.72. The molecule has 2 aliphatic rings. The smallest absolute Gasteiger partial charge is 0.308 e. The summed E-state index contributed by atoms with van der Waals surface area (Å²) in [6, 6.07) is 19.1. The fraction of sp³-hybridized carbons (Fsp3) is 0.226. The number of carbonyl (C=O) groups is 3. The number of benzene rings is 3. The molecule has 0 bridgehead atoms. The van der Waals surface area contributed by atoms with Gasteiger partial charge in [0.15, 0.2) is 11.5 Å². The third kappa shape index (κ3) is 5.39. The fourth-order valence-electron chi connectivity index (χ4n) is 5.44. The van der Waals surface area contributed by atoms with Crippen LogP contribution in [0.5, 0.6) is 11.5 Å². The van der Waals surface area contributed by atoms with E-state index in [9.17, 15) is 24.3 Å². The van der Waals surface area contributed by atoms with Gasteiger partial charge in [-0.15, -0.1) is 0 Å². The molecule has 2 unspecified atom stereocenters. The summed E-state index contributed by atoms with van der Waals surface area (Å²) in [5.74, 6) is -2.48. The van der Waals surface area contributed by atoms with Crippen molar-refractivity contribution >= 4 is 68.1 Å². The molecular formula is C31H26BrN3O6S2. The molecule has 4 aromatic rings. The number of thioether (sulfide) groups is 1. The highest BCUT2D eigenvalue weighted by molar-refractivity contribution is 9.10. The van der Waals surface area contributed by atoms with E-state index in [-0.39, 0.29) is 34.7 Å². The molecule has 0 aliphatic carbocycles. The number of ether oxygens (including phenoxy) is 1. The number of aryl methyl sites for hydroxylation is 1. The molecule has 3 amide bonds. The number of fused-ring (bicyclic) bond motifs is 2. The molecule has 3 heterocycles. The van der Waals surface area contributed by atoms with E-state index < -0.39 is 23.0 Å². The average molecular weight is 681 g/mol. The Morgan fingerprint density at radius 3 is 2.44 bits per heavy atom. The van der Waals surface area contributed by atoms with Crippen molar-refractivity contribution in [3.8, 4) is 11.5 Å². The third-order valence-electron chi connectivity index (χ3n) is 7.41. The van der Waals surface area contributed by atoms with Crippen molar-refractivity contribution in [2.75, 3.05) is 16.8 Å². The Bertz CT molecular complexity index is 1800. The van der Waals surface area contributed by atoms with E-state index in [4.69, 9.17) is 4.74 Å². The van der Waals surface area contributed by atoms with Crippen LogP contribution in [0.3, 0.4) is 0 Å². The number of halogens is 1. The number of aromatic hydroxyl groups is 1. The zero-order chi connectivity index (χ0) is 30.4. The van der Waals surface area contributed by atoms with Crippen molar-refractivity contribution in [1.29, 1.82) is 0 Å². The number of nitrogens with one attached hydrogen (secondary N) is 1. The predicted octanol–water partition coefficient (Wildman–Crippen LogP) is 5.52. The maximum Gasteiger partial charge on any atom is 0.308 e. The van der Waals surface area contributed by atoms with Gasteiger partial charge in [-0.05, 0) is 67.9 Å². The van der Waals surface area contributed by atoms with Crippen LogP contribution in [0.25, 0.3) is 0 Å². The maximum absolute atomic E-state index is 14.1.